The minimum Gasteiger partial charge on any atom is -0.310 e. The van der Waals surface area contributed by atoms with E-state index < -0.39 is 16.4 Å². The van der Waals surface area contributed by atoms with Gasteiger partial charge >= 0.3 is 5.69 Å². The molecule has 0 saturated carbocycles. The lowest BCUT2D eigenvalue weighted by Gasteiger charge is -2.14. The molecule has 0 bridgehead atoms. The summed E-state index contributed by atoms with van der Waals surface area (Å²) in [5.41, 5.74) is 0.252. The Bertz CT molecular complexity index is 449. The van der Waals surface area contributed by atoms with Crippen molar-refractivity contribution in [2.75, 3.05) is 0 Å². The van der Waals surface area contributed by atoms with E-state index in [1.165, 1.54) is 25.0 Å². The number of halogens is 1. The molecule has 20 heavy (non-hydrogen) atoms. The summed E-state index contributed by atoms with van der Waals surface area (Å²) in [5.74, 6) is -0.0623. The summed E-state index contributed by atoms with van der Waals surface area (Å²) >= 11 is 0. The minimum atomic E-state index is -0.776. The number of benzene rings is 1. The van der Waals surface area contributed by atoms with Gasteiger partial charge in [0.2, 0.25) is 5.82 Å². The fourth-order valence-corrected chi connectivity index (χ4v) is 2.03. The van der Waals surface area contributed by atoms with E-state index in [1.54, 1.807) is 6.07 Å². The van der Waals surface area contributed by atoms with Crippen LogP contribution in [0.5, 0.6) is 0 Å². The van der Waals surface area contributed by atoms with Gasteiger partial charge in [0.05, 0.1) is 4.92 Å². The van der Waals surface area contributed by atoms with Crippen molar-refractivity contribution in [3.8, 4) is 0 Å². The van der Waals surface area contributed by atoms with Gasteiger partial charge < -0.3 is 5.32 Å². The summed E-state index contributed by atoms with van der Waals surface area (Å²) in [7, 11) is 0. The van der Waals surface area contributed by atoms with Crippen LogP contribution in [-0.4, -0.2) is 11.0 Å². The molecule has 0 saturated heterocycles. The molecule has 0 amide bonds. The molecule has 0 aliphatic heterocycles. The number of nitro groups is 1. The van der Waals surface area contributed by atoms with Crippen molar-refractivity contribution in [3.05, 3.63) is 39.7 Å². The van der Waals surface area contributed by atoms with Crippen molar-refractivity contribution in [3.63, 3.8) is 0 Å². The predicted molar refractivity (Wildman–Crippen MR) is 78.0 cm³/mol. The summed E-state index contributed by atoms with van der Waals surface area (Å²) in [6.45, 7) is 7.04. The monoisotopic (exact) mass is 282 g/mol. The molecule has 0 aliphatic rings. The molecule has 1 aromatic carbocycles. The molecule has 1 aromatic rings. The van der Waals surface area contributed by atoms with Crippen LogP contribution >= 0.6 is 0 Å². The summed E-state index contributed by atoms with van der Waals surface area (Å²) in [4.78, 5) is 9.82. The lowest BCUT2D eigenvalue weighted by molar-refractivity contribution is -0.387. The van der Waals surface area contributed by atoms with Crippen LogP contribution in [0, 0.1) is 21.8 Å². The maximum atomic E-state index is 13.4. The molecule has 1 atom stereocenters. The molecule has 1 unspecified atom stereocenters. The number of nitrogens with zero attached hydrogens (tertiary/aromatic N) is 1. The molecule has 0 fully saturated rings. The van der Waals surface area contributed by atoms with Gasteiger partial charge in [0, 0.05) is 18.7 Å². The Hall–Kier alpha value is -1.49. The van der Waals surface area contributed by atoms with Gasteiger partial charge in [-0.25, -0.2) is 0 Å². The summed E-state index contributed by atoms with van der Waals surface area (Å²) in [6, 6.07) is 4.39. The van der Waals surface area contributed by atoms with Crippen molar-refractivity contribution in [2.45, 2.75) is 52.6 Å². The number of nitrogens with one attached hydrogen (secondary N) is 1. The van der Waals surface area contributed by atoms with Gasteiger partial charge in [0.1, 0.15) is 0 Å². The molecule has 0 spiro atoms. The van der Waals surface area contributed by atoms with Crippen LogP contribution in [0.3, 0.4) is 0 Å². The fraction of sp³-hybridized carbons (Fsp3) is 0.600. The lowest BCUT2D eigenvalue weighted by atomic mass is 10.0. The zero-order chi connectivity index (χ0) is 15.1. The smallest absolute Gasteiger partial charge is 0.304 e. The second-order valence-corrected chi connectivity index (χ2v) is 5.65. The Morgan fingerprint density at radius 1 is 1.30 bits per heavy atom. The quantitative estimate of drug-likeness (QED) is 0.578. The Morgan fingerprint density at radius 2 is 2.00 bits per heavy atom. The zero-order valence-corrected chi connectivity index (χ0v) is 12.4. The average Bonchev–Trinajstić information content (AvgIpc) is 2.35. The van der Waals surface area contributed by atoms with E-state index in [0.29, 0.717) is 18.5 Å². The van der Waals surface area contributed by atoms with E-state index >= 15 is 0 Å². The molecule has 0 aromatic heterocycles. The highest BCUT2D eigenvalue weighted by molar-refractivity contribution is 5.34. The Balaban J connectivity index is 2.41. The van der Waals surface area contributed by atoms with Gasteiger partial charge in [-0.15, -0.1) is 0 Å². The maximum absolute atomic E-state index is 13.4. The van der Waals surface area contributed by atoms with E-state index in [1.807, 2.05) is 0 Å². The molecule has 5 heteroatoms. The Labute approximate surface area is 119 Å². The molecule has 1 N–H and O–H groups in total. The predicted octanol–water partition coefficient (Wildman–Crippen LogP) is 4.04. The van der Waals surface area contributed by atoms with E-state index in [9.17, 15) is 14.5 Å². The van der Waals surface area contributed by atoms with Crippen LogP contribution in [-0.2, 0) is 6.54 Å². The Kier molecular flexibility index (Phi) is 6.58. The normalized spacial score (nSPS) is 12.7. The van der Waals surface area contributed by atoms with Crippen LogP contribution in [0.15, 0.2) is 18.2 Å². The minimum absolute atomic E-state index is 0.354. The molecule has 4 nitrogen and oxygen atoms in total. The van der Waals surface area contributed by atoms with E-state index in [2.05, 4.69) is 26.1 Å². The number of nitro benzene ring substituents is 1. The first-order valence-corrected chi connectivity index (χ1v) is 7.06. The third kappa shape index (κ3) is 5.65. The van der Waals surface area contributed by atoms with Crippen LogP contribution in [0.1, 0.15) is 45.6 Å². The molecular formula is C15H23FN2O2. The second kappa shape index (κ2) is 7.94. The first-order chi connectivity index (χ1) is 9.40. The molecule has 0 aliphatic carbocycles. The number of hydrogen-bond donors (Lipinski definition) is 1. The van der Waals surface area contributed by atoms with Crippen LogP contribution in [0.25, 0.3) is 0 Å². The van der Waals surface area contributed by atoms with E-state index in [4.69, 9.17) is 0 Å². The van der Waals surface area contributed by atoms with Crippen LogP contribution in [0.4, 0.5) is 10.1 Å². The topological polar surface area (TPSA) is 55.2 Å². The zero-order valence-electron chi connectivity index (χ0n) is 12.4. The van der Waals surface area contributed by atoms with Crippen molar-refractivity contribution < 1.29 is 9.31 Å². The molecular weight excluding hydrogens is 259 g/mol. The van der Waals surface area contributed by atoms with Crippen LogP contribution in [0.2, 0.25) is 0 Å². The first-order valence-electron chi connectivity index (χ1n) is 7.06. The first kappa shape index (κ1) is 16.6. The SMILES string of the molecule is CC(C)CCCC(C)NCc1ccc([N+](=O)[O-])c(F)c1. The van der Waals surface area contributed by atoms with Gasteiger partial charge in [-0.2, -0.15) is 4.39 Å². The molecule has 0 radical (unpaired) electrons. The van der Waals surface area contributed by atoms with Gasteiger partial charge in [-0.05, 0) is 30.9 Å². The highest BCUT2D eigenvalue weighted by Crippen LogP contribution is 2.18. The average molecular weight is 282 g/mol. The van der Waals surface area contributed by atoms with Gasteiger partial charge in [0.25, 0.3) is 0 Å². The van der Waals surface area contributed by atoms with Gasteiger partial charge in [-0.3, -0.25) is 10.1 Å². The maximum Gasteiger partial charge on any atom is 0.304 e. The van der Waals surface area contributed by atoms with Crippen molar-refractivity contribution in [1.82, 2.24) is 5.32 Å². The Morgan fingerprint density at radius 3 is 2.55 bits per heavy atom. The van der Waals surface area contributed by atoms with E-state index in [0.717, 1.165) is 12.0 Å². The summed E-state index contributed by atoms with van der Waals surface area (Å²) in [6.07, 6.45) is 3.45. The lowest BCUT2D eigenvalue weighted by Crippen LogP contribution is -2.25. The molecule has 0 heterocycles. The number of hydrogen-bond acceptors (Lipinski definition) is 3. The second-order valence-electron chi connectivity index (χ2n) is 5.65. The third-order valence-corrected chi connectivity index (χ3v) is 3.28. The largest absolute Gasteiger partial charge is 0.310 e. The standard InChI is InChI=1S/C15H23FN2O2/c1-11(2)5-4-6-12(3)17-10-13-7-8-15(18(19)20)14(16)9-13/h7-9,11-12,17H,4-6,10H2,1-3H3. The van der Waals surface area contributed by atoms with Crippen LogP contribution < -0.4 is 5.32 Å². The van der Waals surface area contributed by atoms with Crippen molar-refractivity contribution >= 4 is 5.69 Å². The highest BCUT2D eigenvalue weighted by atomic mass is 19.1. The summed E-state index contributed by atoms with van der Waals surface area (Å²) in [5, 5.41) is 13.8. The van der Waals surface area contributed by atoms with Crippen molar-refractivity contribution in [1.29, 1.82) is 0 Å². The van der Waals surface area contributed by atoms with Gasteiger partial charge in [0.15, 0.2) is 0 Å². The third-order valence-electron chi connectivity index (χ3n) is 3.28. The van der Waals surface area contributed by atoms with Crippen molar-refractivity contribution in [2.24, 2.45) is 5.92 Å². The summed E-state index contributed by atoms with van der Waals surface area (Å²) < 4.78 is 13.4. The van der Waals surface area contributed by atoms with E-state index in [-0.39, 0.29) is 0 Å². The van der Waals surface area contributed by atoms with Gasteiger partial charge in [-0.1, -0.05) is 32.8 Å². The fourth-order valence-electron chi connectivity index (χ4n) is 2.03. The molecule has 1 rings (SSSR count). The number of rotatable bonds is 8. The highest BCUT2D eigenvalue weighted by Gasteiger charge is 2.13. The molecule has 112 valence electrons.